The first kappa shape index (κ1) is 23.3. The van der Waals surface area contributed by atoms with E-state index in [9.17, 15) is 14.9 Å². The number of carbonyl (C=O) groups excluding carboxylic acids is 2. The summed E-state index contributed by atoms with van der Waals surface area (Å²) in [6.45, 7) is 5.83. The van der Waals surface area contributed by atoms with Crippen molar-refractivity contribution in [1.29, 1.82) is 5.26 Å². The Kier molecular flexibility index (Phi) is 6.85. The monoisotopic (exact) mass is 467 g/mol. The summed E-state index contributed by atoms with van der Waals surface area (Å²) in [6, 6.07) is 25.0. The highest BCUT2D eigenvalue weighted by atomic mass is 32.2. The van der Waals surface area contributed by atoms with Gasteiger partial charge in [0.25, 0.3) is 5.91 Å². The third kappa shape index (κ3) is 4.75. The van der Waals surface area contributed by atoms with Crippen molar-refractivity contribution in [3.05, 3.63) is 106 Å². The quantitative estimate of drug-likeness (QED) is 0.387. The third-order valence-corrected chi connectivity index (χ3v) is 7.04. The molecule has 0 unspecified atom stereocenters. The lowest BCUT2D eigenvalue weighted by Gasteiger charge is -2.19. The summed E-state index contributed by atoms with van der Waals surface area (Å²) in [4.78, 5) is 28.3. The second kappa shape index (κ2) is 9.98. The number of nitriles is 1. The molecule has 1 atom stereocenters. The molecule has 1 aliphatic heterocycles. The number of thioether (sulfide) groups is 1. The highest BCUT2D eigenvalue weighted by molar-refractivity contribution is 8.05. The Morgan fingerprint density at radius 1 is 0.971 bits per heavy atom. The van der Waals surface area contributed by atoms with E-state index in [1.54, 1.807) is 0 Å². The van der Waals surface area contributed by atoms with Crippen molar-refractivity contribution in [2.45, 2.75) is 32.4 Å². The molecule has 6 heteroatoms. The van der Waals surface area contributed by atoms with E-state index >= 15 is 0 Å². The van der Waals surface area contributed by atoms with Crippen molar-refractivity contribution in [2.75, 3.05) is 10.2 Å². The number of benzene rings is 3. The molecular formula is C28H25N3O2S. The number of rotatable bonds is 5. The van der Waals surface area contributed by atoms with Crippen LogP contribution < -0.4 is 10.2 Å². The number of hydrogen-bond acceptors (Lipinski definition) is 4. The van der Waals surface area contributed by atoms with Gasteiger partial charge >= 0.3 is 0 Å². The fraction of sp³-hybridized carbons (Fsp3) is 0.179. The van der Waals surface area contributed by atoms with Gasteiger partial charge in [-0.25, -0.2) is 0 Å². The van der Waals surface area contributed by atoms with Gasteiger partial charge in [-0.1, -0.05) is 78.0 Å². The highest BCUT2D eigenvalue weighted by Gasteiger charge is 2.40. The number of para-hydroxylation sites is 2. The number of nitrogens with one attached hydrogen (secondary N) is 1. The van der Waals surface area contributed by atoms with Crippen LogP contribution >= 0.6 is 11.8 Å². The fourth-order valence-electron chi connectivity index (χ4n) is 3.92. The van der Waals surface area contributed by atoms with Crippen molar-refractivity contribution in [3.63, 3.8) is 0 Å². The molecule has 2 amide bonds. The van der Waals surface area contributed by atoms with Crippen LogP contribution in [0.2, 0.25) is 0 Å². The number of carbonyl (C=O) groups is 2. The molecule has 3 aromatic rings. The van der Waals surface area contributed by atoms with Gasteiger partial charge in [-0.05, 0) is 56.0 Å². The van der Waals surface area contributed by atoms with Crippen LogP contribution in [0.5, 0.6) is 0 Å². The van der Waals surface area contributed by atoms with Gasteiger partial charge in [-0.15, -0.1) is 0 Å². The summed E-state index contributed by atoms with van der Waals surface area (Å²) in [6.07, 6.45) is 0.508. The maximum atomic E-state index is 13.5. The highest BCUT2D eigenvalue weighted by Crippen LogP contribution is 2.42. The van der Waals surface area contributed by atoms with Crippen LogP contribution in [0.3, 0.4) is 0 Å². The SMILES string of the molecule is Cc1ccc(C[C@@H]2S/C(=C(\C#N)C(=O)Nc3c(C)cccc3C)N(c3ccccc3)C2=O)cc1. The minimum Gasteiger partial charge on any atom is -0.321 e. The largest absolute Gasteiger partial charge is 0.321 e. The minimum atomic E-state index is -0.521. The van der Waals surface area contributed by atoms with E-state index in [2.05, 4.69) is 11.4 Å². The molecule has 1 heterocycles. The third-order valence-electron chi connectivity index (χ3n) is 5.78. The van der Waals surface area contributed by atoms with Crippen LogP contribution in [-0.4, -0.2) is 17.1 Å². The lowest BCUT2D eigenvalue weighted by Crippen LogP contribution is -2.31. The molecule has 0 saturated carbocycles. The van der Waals surface area contributed by atoms with Gasteiger partial charge in [-0.3, -0.25) is 14.5 Å². The Morgan fingerprint density at radius 2 is 1.62 bits per heavy atom. The van der Waals surface area contributed by atoms with Gasteiger partial charge in [0.2, 0.25) is 5.91 Å². The number of anilines is 2. The van der Waals surface area contributed by atoms with Gasteiger partial charge in [0, 0.05) is 11.4 Å². The van der Waals surface area contributed by atoms with Crippen molar-refractivity contribution in [1.82, 2.24) is 0 Å². The zero-order valence-corrected chi connectivity index (χ0v) is 20.1. The average molecular weight is 468 g/mol. The molecule has 170 valence electrons. The molecule has 0 aromatic heterocycles. The number of aryl methyl sites for hydroxylation is 3. The normalized spacial score (nSPS) is 16.8. The molecule has 0 radical (unpaired) electrons. The van der Waals surface area contributed by atoms with Crippen molar-refractivity contribution in [2.24, 2.45) is 0 Å². The standard InChI is InChI=1S/C28H25N3O2S/c1-18-12-14-21(15-13-18)16-24-27(33)31(22-10-5-4-6-11-22)28(34-24)23(17-29)26(32)30-25-19(2)8-7-9-20(25)3/h4-15,24H,16H2,1-3H3,(H,30,32)/b28-23+/t24-/m0/s1. The van der Waals surface area contributed by atoms with E-state index in [0.717, 1.165) is 22.3 Å². The number of nitrogens with zero attached hydrogens (tertiary/aromatic N) is 2. The predicted molar refractivity (Wildman–Crippen MR) is 137 cm³/mol. The number of amides is 2. The fourth-order valence-corrected chi connectivity index (χ4v) is 5.23. The first-order valence-electron chi connectivity index (χ1n) is 11.0. The molecule has 1 saturated heterocycles. The summed E-state index contributed by atoms with van der Waals surface area (Å²) in [7, 11) is 0. The first-order chi connectivity index (χ1) is 16.4. The van der Waals surface area contributed by atoms with Crippen LogP contribution in [0.1, 0.15) is 22.3 Å². The van der Waals surface area contributed by atoms with Crippen molar-refractivity contribution < 1.29 is 9.59 Å². The maximum absolute atomic E-state index is 13.5. The second-order valence-corrected chi connectivity index (χ2v) is 9.51. The molecule has 1 fully saturated rings. The van der Waals surface area contributed by atoms with E-state index in [0.29, 0.717) is 22.8 Å². The van der Waals surface area contributed by atoms with E-state index < -0.39 is 11.2 Å². The topological polar surface area (TPSA) is 73.2 Å². The Morgan fingerprint density at radius 3 is 2.24 bits per heavy atom. The maximum Gasteiger partial charge on any atom is 0.269 e. The molecule has 0 spiro atoms. The van der Waals surface area contributed by atoms with Crippen LogP contribution in [0.25, 0.3) is 0 Å². The van der Waals surface area contributed by atoms with Gasteiger partial charge in [0.05, 0.1) is 5.25 Å². The van der Waals surface area contributed by atoms with Crippen LogP contribution in [0.15, 0.2) is 83.4 Å². The van der Waals surface area contributed by atoms with E-state index in [-0.39, 0.29) is 11.5 Å². The summed E-state index contributed by atoms with van der Waals surface area (Å²) in [5, 5.41) is 12.8. The zero-order chi connectivity index (χ0) is 24.2. The second-order valence-electron chi connectivity index (χ2n) is 8.32. The molecule has 5 nitrogen and oxygen atoms in total. The summed E-state index contributed by atoms with van der Waals surface area (Å²) in [5.74, 6) is -0.661. The van der Waals surface area contributed by atoms with E-state index in [4.69, 9.17) is 0 Å². The summed E-state index contributed by atoms with van der Waals surface area (Å²) >= 11 is 1.27. The average Bonchev–Trinajstić information content (AvgIpc) is 3.14. The molecule has 34 heavy (non-hydrogen) atoms. The van der Waals surface area contributed by atoms with Crippen LogP contribution in [0.4, 0.5) is 11.4 Å². The van der Waals surface area contributed by atoms with Crippen molar-refractivity contribution in [3.8, 4) is 6.07 Å². The zero-order valence-electron chi connectivity index (χ0n) is 19.3. The van der Waals surface area contributed by atoms with Crippen LogP contribution in [0, 0.1) is 32.1 Å². The first-order valence-corrected chi connectivity index (χ1v) is 11.9. The summed E-state index contributed by atoms with van der Waals surface area (Å²) < 4.78 is 0. The van der Waals surface area contributed by atoms with Crippen molar-refractivity contribution >= 4 is 35.0 Å². The smallest absolute Gasteiger partial charge is 0.269 e. The lowest BCUT2D eigenvalue weighted by atomic mass is 10.1. The Labute approximate surface area is 204 Å². The molecule has 1 aliphatic rings. The number of hydrogen-bond donors (Lipinski definition) is 1. The van der Waals surface area contributed by atoms with Gasteiger partial charge < -0.3 is 5.32 Å². The Hall–Kier alpha value is -3.82. The lowest BCUT2D eigenvalue weighted by molar-refractivity contribution is -0.117. The summed E-state index contributed by atoms with van der Waals surface area (Å²) in [5.41, 5.74) is 5.23. The van der Waals surface area contributed by atoms with E-state index in [1.807, 2.05) is 93.6 Å². The molecule has 3 aromatic carbocycles. The molecule has 0 aliphatic carbocycles. The molecule has 0 bridgehead atoms. The van der Waals surface area contributed by atoms with Gasteiger partial charge in [0.1, 0.15) is 16.7 Å². The molecule has 4 rings (SSSR count). The minimum absolute atomic E-state index is 0.0729. The molecule has 1 N–H and O–H groups in total. The van der Waals surface area contributed by atoms with E-state index in [1.165, 1.54) is 16.7 Å². The molecular weight excluding hydrogens is 442 g/mol. The predicted octanol–water partition coefficient (Wildman–Crippen LogP) is 5.68. The van der Waals surface area contributed by atoms with Gasteiger partial charge in [0.15, 0.2) is 0 Å². The Balaban J connectivity index is 1.73. The Bertz CT molecular complexity index is 1290. The van der Waals surface area contributed by atoms with Gasteiger partial charge in [-0.2, -0.15) is 5.26 Å². The van der Waals surface area contributed by atoms with Crippen LogP contribution in [-0.2, 0) is 16.0 Å².